The molecule has 0 aliphatic carbocycles. The van der Waals surface area contributed by atoms with E-state index in [9.17, 15) is 4.79 Å². The first-order valence-electron chi connectivity index (χ1n) is 4.36. The lowest BCUT2D eigenvalue weighted by Gasteiger charge is -2.11. The molecule has 0 radical (unpaired) electrons. The Balaban J connectivity index is 2.42. The summed E-state index contributed by atoms with van der Waals surface area (Å²) < 4.78 is 0. The second kappa shape index (κ2) is 3.24. The number of nitrogens with zero attached hydrogens (tertiary/aromatic N) is 1. The predicted molar refractivity (Wildman–Crippen MR) is 45.2 cm³/mol. The van der Waals surface area contributed by atoms with Crippen LogP contribution in [0.5, 0.6) is 0 Å². The summed E-state index contributed by atoms with van der Waals surface area (Å²) in [5, 5.41) is 0. The Labute approximate surface area is 68.6 Å². The van der Waals surface area contributed by atoms with Crippen molar-refractivity contribution in [3.05, 3.63) is 0 Å². The van der Waals surface area contributed by atoms with Crippen LogP contribution in [-0.4, -0.2) is 24.4 Å². The fraction of sp³-hybridized carbons (Fsp3) is 0.889. The molecule has 11 heavy (non-hydrogen) atoms. The zero-order valence-electron chi connectivity index (χ0n) is 7.63. The number of hydrogen-bond donors (Lipinski definition) is 0. The van der Waals surface area contributed by atoms with Gasteiger partial charge in [-0.2, -0.15) is 0 Å². The van der Waals surface area contributed by atoms with Crippen molar-refractivity contribution < 1.29 is 4.79 Å². The highest BCUT2D eigenvalue weighted by Crippen LogP contribution is 2.23. The van der Waals surface area contributed by atoms with E-state index in [1.165, 1.54) is 0 Å². The second-order valence-corrected chi connectivity index (χ2v) is 3.87. The first-order valence-corrected chi connectivity index (χ1v) is 4.36. The lowest BCUT2D eigenvalue weighted by atomic mass is 9.96. The quantitative estimate of drug-likeness (QED) is 0.592. The molecule has 0 saturated carbocycles. The summed E-state index contributed by atoms with van der Waals surface area (Å²) in [6, 6.07) is 0. The Morgan fingerprint density at radius 3 is 2.64 bits per heavy atom. The van der Waals surface area contributed by atoms with Gasteiger partial charge in [0.15, 0.2) is 0 Å². The molecule has 0 aromatic rings. The van der Waals surface area contributed by atoms with Crippen molar-refractivity contribution in [2.24, 2.45) is 11.8 Å². The molecule has 0 aromatic heterocycles. The highest BCUT2D eigenvalue weighted by Gasteiger charge is 2.28. The van der Waals surface area contributed by atoms with Crippen LogP contribution in [0.15, 0.2) is 0 Å². The standard InChI is InChI=1S/C9H17NO/c1-7(2)6-8-4-5-10(3)9(8)11/h7-8H,4-6H2,1-3H3/t8-/m1/s1. The number of carbonyl (C=O) groups is 1. The summed E-state index contributed by atoms with van der Waals surface area (Å²) >= 11 is 0. The van der Waals surface area contributed by atoms with E-state index in [4.69, 9.17) is 0 Å². The van der Waals surface area contributed by atoms with Crippen LogP contribution in [-0.2, 0) is 4.79 Å². The normalized spacial score (nSPS) is 25.3. The molecule has 1 amide bonds. The molecule has 1 saturated heterocycles. The van der Waals surface area contributed by atoms with E-state index in [1.807, 2.05) is 11.9 Å². The molecule has 2 heteroatoms. The third-order valence-corrected chi connectivity index (χ3v) is 2.29. The average Bonchev–Trinajstić information content (AvgIpc) is 2.18. The molecule has 1 rings (SSSR count). The molecular formula is C9H17NO. The van der Waals surface area contributed by atoms with E-state index in [0.717, 1.165) is 19.4 Å². The van der Waals surface area contributed by atoms with Crippen LogP contribution in [0.4, 0.5) is 0 Å². The average molecular weight is 155 g/mol. The first-order chi connectivity index (χ1) is 5.11. The van der Waals surface area contributed by atoms with Crippen molar-refractivity contribution in [3.63, 3.8) is 0 Å². The van der Waals surface area contributed by atoms with Crippen molar-refractivity contribution in [1.82, 2.24) is 4.90 Å². The zero-order chi connectivity index (χ0) is 8.43. The van der Waals surface area contributed by atoms with E-state index in [1.54, 1.807) is 0 Å². The van der Waals surface area contributed by atoms with Gasteiger partial charge in [0.05, 0.1) is 0 Å². The molecular weight excluding hydrogens is 138 g/mol. The highest BCUT2D eigenvalue weighted by molar-refractivity contribution is 5.80. The van der Waals surface area contributed by atoms with Crippen molar-refractivity contribution >= 4 is 5.91 Å². The molecule has 1 aliphatic heterocycles. The fourth-order valence-corrected chi connectivity index (χ4v) is 1.68. The first kappa shape index (κ1) is 8.57. The van der Waals surface area contributed by atoms with Gasteiger partial charge in [0.2, 0.25) is 5.91 Å². The minimum absolute atomic E-state index is 0.319. The lowest BCUT2D eigenvalue weighted by Crippen LogP contribution is -2.23. The summed E-state index contributed by atoms with van der Waals surface area (Å²) in [7, 11) is 1.89. The van der Waals surface area contributed by atoms with Gasteiger partial charge in [0, 0.05) is 19.5 Å². The second-order valence-electron chi connectivity index (χ2n) is 3.87. The van der Waals surface area contributed by atoms with E-state index in [0.29, 0.717) is 17.7 Å². The van der Waals surface area contributed by atoms with Crippen LogP contribution in [0.2, 0.25) is 0 Å². The Morgan fingerprint density at radius 1 is 1.64 bits per heavy atom. The van der Waals surface area contributed by atoms with Crippen molar-refractivity contribution in [2.75, 3.05) is 13.6 Å². The topological polar surface area (TPSA) is 20.3 Å². The monoisotopic (exact) mass is 155 g/mol. The van der Waals surface area contributed by atoms with Crippen LogP contribution in [0.3, 0.4) is 0 Å². The molecule has 0 spiro atoms. The SMILES string of the molecule is CC(C)C[C@H]1CCN(C)C1=O. The molecule has 0 aromatic carbocycles. The molecule has 0 N–H and O–H groups in total. The zero-order valence-corrected chi connectivity index (χ0v) is 7.63. The number of amides is 1. The van der Waals surface area contributed by atoms with Crippen LogP contribution in [0.1, 0.15) is 26.7 Å². The highest BCUT2D eigenvalue weighted by atomic mass is 16.2. The molecule has 1 fully saturated rings. The van der Waals surface area contributed by atoms with Gasteiger partial charge < -0.3 is 4.90 Å². The Kier molecular flexibility index (Phi) is 2.53. The van der Waals surface area contributed by atoms with Gasteiger partial charge >= 0.3 is 0 Å². The van der Waals surface area contributed by atoms with Gasteiger partial charge in [-0.1, -0.05) is 13.8 Å². The Bertz CT molecular complexity index is 154. The van der Waals surface area contributed by atoms with Gasteiger partial charge in [-0.15, -0.1) is 0 Å². The maximum Gasteiger partial charge on any atom is 0.225 e. The van der Waals surface area contributed by atoms with E-state index in [-0.39, 0.29) is 0 Å². The van der Waals surface area contributed by atoms with E-state index in [2.05, 4.69) is 13.8 Å². The van der Waals surface area contributed by atoms with Gasteiger partial charge in [-0.25, -0.2) is 0 Å². The molecule has 64 valence electrons. The van der Waals surface area contributed by atoms with Crippen LogP contribution in [0.25, 0.3) is 0 Å². The van der Waals surface area contributed by atoms with Crippen molar-refractivity contribution in [1.29, 1.82) is 0 Å². The largest absolute Gasteiger partial charge is 0.345 e. The number of rotatable bonds is 2. The van der Waals surface area contributed by atoms with Crippen LogP contribution >= 0.6 is 0 Å². The minimum atomic E-state index is 0.319. The summed E-state index contributed by atoms with van der Waals surface area (Å²) in [6.07, 6.45) is 2.12. The Hall–Kier alpha value is -0.530. The van der Waals surface area contributed by atoms with Gasteiger partial charge in [-0.05, 0) is 18.8 Å². The molecule has 1 heterocycles. The van der Waals surface area contributed by atoms with Crippen molar-refractivity contribution in [3.8, 4) is 0 Å². The number of hydrogen-bond acceptors (Lipinski definition) is 1. The summed E-state index contributed by atoms with van der Waals surface area (Å²) in [4.78, 5) is 13.2. The van der Waals surface area contributed by atoms with Crippen molar-refractivity contribution in [2.45, 2.75) is 26.7 Å². The predicted octanol–water partition coefficient (Wildman–Crippen LogP) is 1.51. The summed E-state index contributed by atoms with van der Waals surface area (Å²) in [5.41, 5.74) is 0. The van der Waals surface area contributed by atoms with Crippen LogP contribution < -0.4 is 0 Å². The molecule has 0 unspecified atom stereocenters. The van der Waals surface area contributed by atoms with Crippen LogP contribution in [0, 0.1) is 11.8 Å². The smallest absolute Gasteiger partial charge is 0.225 e. The minimum Gasteiger partial charge on any atom is -0.345 e. The van der Waals surface area contributed by atoms with Gasteiger partial charge in [-0.3, -0.25) is 4.79 Å². The number of likely N-dealkylation sites (tertiary alicyclic amines) is 1. The summed E-state index contributed by atoms with van der Waals surface area (Å²) in [5.74, 6) is 1.31. The van der Waals surface area contributed by atoms with E-state index >= 15 is 0 Å². The molecule has 1 atom stereocenters. The third-order valence-electron chi connectivity index (χ3n) is 2.29. The fourth-order valence-electron chi connectivity index (χ4n) is 1.68. The maximum absolute atomic E-state index is 11.4. The third kappa shape index (κ3) is 1.95. The van der Waals surface area contributed by atoms with Gasteiger partial charge in [0.25, 0.3) is 0 Å². The maximum atomic E-state index is 11.4. The van der Waals surface area contributed by atoms with E-state index < -0.39 is 0 Å². The number of carbonyl (C=O) groups excluding carboxylic acids is 1. The molecule has 2 nitrogen and oxygen atoms in total. The van der Waals surface area contributed by atoms with Gasteiger partial charge in [0.1, 0.15) is 0 Å². The lowest BCUT2D eigenvalue weighted by molar-refractivity contribution is -0.130. The molecule has 1 aliphatic rings. The Morgan fingerprint density at radius 2 is 2.27 bits per heavy atom. The molecule has 0 bridgehead atoms. The summed E-state index contributed by atoms with van der Waals surface area (Å²) in [6.45, 7) is 5.30.